The molecule has 0 atom stereocenters. The van der Waals surface area contributed by atoms with Crippen LogP contribution in [0, 0.1) is 0 Å². The van der Waals surface area contributed by atoms with Gasteiger partial charge in [0.05, 0.1) is 26.3 Å². The molecule has 2 aromatic carbocycles. The summed E-state index contributed by atoms with van der Waals surface area (Å²) in [6.45, 7) is 0.352. The maximum atomic E-state index is 13.4. The molecule has 0 aliphatic carbocycles. The minimum absolute atomic E-state index is 0.0356. The van der Waals surface area contributed by atoms with Gasteiger partial charge in [0.15, 0.2) is 0 Å². The Morgan fingerprint density at radius 2 is 1.81 bits per heavy atom. The summed E-state index contributed by atoms with van der Waals surface area (Å²) in [6, 6.07) is 14.0. The van der Waals surface area contributed by atoms with Gasteiger partial charge in [-0.05, 0) is 47.3 Å². The molecule has 0 bridgehead atoms. The van der Waals surface area contributed by atoms with Crippen molar-refractivity contribution in [1.29, 1.82) is 0 Å². The molecule has 4 rings (SSSR count). The van der Waals surface area contributed by atoms with Crippen LogP contribution >= 0.6 is 11.3 Å². The van der Waals surface area contributed by atoms with Gasteiger partial charge in [-0.15, -0.1) is 11.3 Å². The van der Waals surface area contributed by atoms with Crippen LogP contribution in [0.25, 0.3) is 10.2 Å². The molecule has 0 saturated carbocycles. The lowest BCUT2D eigenvalue weighted by Gasteiger charge is -2.14. The number of hydrogen-bond acceptors (Lipinski definition) is 7. The third-order valence-electron chi connectivity index (χ3n) is 5.82. The number of nitrogens with one attached hydrogen (secondary N) is 1. The van der Waals surface area contributed by atoms with Crippen LogP contribution in [0.15, 0.2) is 63.5 Å². The van der Waals surface area contributed by atoms with Gasteiger partial charge >= 0.3 is 5.69 Å². The van der Waals surface area contributed by atoms with Crippen molar-refractivity contribution in [3.05, 3.63) is 91.4 Å². The highest BCUT2D eigenvalue weighted by molar-refractivity contribution is 7.17. The molecule has 0 aliphatic heterocycles. The van der Waals surface area contributed by atoms with Gasteiger partial charge in [-0.3, -0.25) is 23.5 Å². The summed E-state index contributed by atoms with van der Waals surface area (Å²) >= 11 is 1.23. The van der Waals surface area contributed by atoms with E-state index >= 15 is 0 Å². The first-order valence-corrected chi connectivity index (χ1v) is 12.1. The summed E-state index contributed by atoms with van der Waals surface area (Å²) in [6.07, 6.45) is 0.684. The summed E-state index contributed by atoms with van der Waals surface area (Å²) in [5.74, 6) is 0.960. The third kappa shape index (κ3) is 5.23. The summed E-state index contributed by atoms with van der Waals surface area (Å²) < 4.78 is 13.5. The van der Waals surface area contributed by atoms with Gasteiger partial charge in [-0.25, -0.2) is 4.79 Å². The smallest absolute Gasteiger partial charge is 0.331 e. The van der Waals surface area contributed by atoms with E-state index in [0.717, 1.165) is 22.2 Å². The Morgan fingerprint density at radius 3 is 2.50 bits per heavy atom. The molecule has 186 valence electrons. The number of hydrogen-bond donors (Lipinski definition) is 1. The van der Waals surface area contributed by atoms with Crippen LogP contribution in [0.2, 0.25) is 0 Å². The molecule has 2 heterocycles. The minimum Gasteiger partial charge on any atom is -0.497 e. The number of fused-ring (bicyclic) bond motifs is 1. The zero-order valence-corrected chi connectivity index (χ0v) is 20.7. The summed E-state index contributed by atoms with van der Waals surface area (Å²) in [5, 5.41) is 4.55. The predicted molar refractivity (Wildman–Crippen MR) is 137 cm³/mol. The number of aromatic nitrogens is 2. The number of methoxy groups -OCH3 is 2. The number of thiophene rings is 1. The Balaban J connectivity index is 1.57. The highest BCUT2D eigenvalue weighted by Crippen LogP contribution is 2.22. The van der Waals surface area contributed by atoms with E-state index in [1.165, 1.54) is 23.0 Å². The van der Waals surface area contributed by atoms with E-state index in [2.05, 4.69) is 5.32 Å². The summed E-state index contributed by atoms with van der Waals surface area (Å²) in [7, 11) is 3.09. The van der Waals surface area contributed by atoms with Gasteiger partial charge in [-0.2, -0.15) is 0 Å². The van der Waals surface area contributed by atoms with Crippen molar-refractivity contribution in [2.45, 2.75) is 26.1 Å². The highest BCUT2D eigenvalue weighted by atomic mass is 32.1. The van der Waals surface area contributed by atoms with Crippen LogP contribution < -0.4 is 26.0 Å². The predicted octanol–water partition coefficient (Wildman–Crippen LogP) is 2.81. The molecule has 0 aliphatic rings. The fourth-order valence-electron chi connectivity index (χ4n) is 3.89. The molecular weight excluding hydrogens is 482 g/mol. The second kappa shape index (κ2) is 11.0. The zero-order valence-electron chi connectivity index (χ0n) is 19.9. The largest absolute Gasteiger partial charge is 0.497 e. The molecule has 10 heteroatoms. The number of rotatable bonds is 10. The zero-order chi connectivity index (χ0) is 25.7. The fourth-order valence-corrected chi connectivity index (χ4v) is 4.74. The van der Waals surface area contributed by atoms with Crippen molar-refractivity contribution in [3.8, 4) is 11.5 Å². The van der Waals surface area contributed by atoms with Crippen LogP contribution in [-0.2, 0) is 24.4 Å². The van der Waals surface area contributed by atoms with Crippen molar-refractivity contribution in [2.75, 3.05) is 14.2 Å². The Labute approximate surface area is 210 Å². The number of benzene rings is 2. The Bertz CT molecular complexity index is 1520. The van der Waals surface area contributed by atoms with Gasteiger partial charge in [0.25, 0.3) is 5.56 Å². The first kappa shape index (κ1) is 24.9. The van der Waals surface area contributed by atoms with Crippen molar-refractivity contribution in [3.63, 3.8) is 0 Å². The Hall–Kier alpha value is -4.18. The van der Waals surface area contributed by atoms with E-state index in [4.69, 9.17) is 9.47 Å². The first-order chi connectivity index (χ1) is 17.4. The monoisotopic (exact) mass is 507 g/mol. The lowest BCUT2D eigenvalue weighted by Crippen LogP contribution is -2.40. The standard InChI is InChI=1S/C26H25N3O6S/c1-34-20-6-3-17(4-7-20)14-27-23(31)9-11-28-25(32)24-21(10-12-36-24)29(26(28)33)15-19-13-18(16-30)5-8-22(19)35-2/h3-8,10,12-13,16H,9,11,14-15H2,1-2H3,(H,27,31). The number of aldehydes is 1. The molecule has 0 unspecified atom stereocenters. The molecule has 0 saturated heterocycles. The van der Waals surface area contributed by atoms with Crippen molar-refractivity contribution >= 4 is 33.7 Å². The van der Waals surface area contributed by atoms with E-state index < -0.39 is 11.2 Å². The van der Waals surface area contributed by atoms with Crippen LogP contribution in [0.3, 0.4) is 0 Å². The second-order valence-corrected chi connectivity index (χ2v) is 8.94. The SMILES string of the molecule is COc1ccc(CNC(=O)CCn2c(=O)c3sccc3n(Cc3cc(C=O)ccc3OC)c2=O)cc1. The molecular formula is C26H25N3O6S. The highest BCUT2D eigenvalue weighted by Gasteiger charge is 2.17. The number of carbonyl (C=O) groups excluding carboxylic acids is 2. The Morgan fingerprint density at radius 1 is 1.03 bits per heavy atom. The average Bonchev–Trinajstić information content (AvgIpc) is 3.40. The lowest BCUT2D eigenvalue weighted by molar-refractivity contribution is -0.121. The molecule has 2 aromatic heterocycles. The van der Waals surface area contributed by atoms with E-state index in [9.17, 15) is 19.2 Å². The minimum atomic E-state index is -0.535. The number of carbonyl (C=O) groups is 2. The van der Waals surface area contributed by atoms with Gasteiger partial charge in [0.1, 0.15) is 22.5 Å². The first-order valence-electron chi connectivity index (χ1n) is 11.2. The van der Waals surface area contributed by atoms with E-state index in [-0.39, 0.29) is 25.4 Å². The van der Waals surface area contributed by atoms with Gasteiger partial charge in [-0.1, -0.05) is 12.1 Å². The van der Waals surface area contributed by atoms with Crippen molar-refractivity contribution in [1.82, 2.24) is 14.5 Å². The second-order valence-electron chi connectivity index (χ2n) is 8.02. The van der Waals surface area contributed by atoms with E-state index in [1.54, 1.807) is 48.9 Å². The Kier molecular flexibility index (Phi) is 7.65. The third-order valence-corrected chi connectivity index (χ3v) is 6.71. The molecule has 4 aromatic rings. The molecule has 0 radical (unpaired) electrons. The van der Waals surface area contributed by atoms with Crippen LogP contribution in [-0.4, -0.2) is 35.5 Å². The lowest BCUT2D eigenvalue weighted by atomic mass is 10.1. The summed E-state index contributed by atoms with van der Waals surface area (Å²) in [5.41, 5.74) is 1.50. The molecule has 36 heavy (non-hydrogen) atoms. The van der Waals surface area contributed by atoms with E-state index in [1.807, 2.05) is 12.1 Å². The quantitative estimate of drug-likeness (QED) is 0.331. The van der Waals surface area contributed by atoms with Crippen LogP contribution in [0.4, 0.5) is 0 Å². The molecule has 0 spiro atoms. The number of nitrogens with zero attached hydrogens (tertiary/aromatic N) is 2. The van der Waals surface area contributed by atoms with E-state index in [0.29, 0.717) is 33.6 Å². The fraction of sp³-hybridized carbons (Fsp3) is 0.231. The van der Waals surface area contributed by atoms with Gasteiger partial charge in [0, 0.05) is 30.6 Å². The molecule has 1 N–H and O–H groups in total. The maximum absolute atomic E-state index is 13.4. The van der Waals surface area contributed by atoms with Crippen LogP contribution in [0.5, 0.6) is 11.5 Å². The van der Waals surface area contributed by atoms with Crippen molar-refractivity contribution < 1.29 is 19.1 Å². The number of ether oxygens (including phenoxy) is 2. The topological polar surface area (TPSA) is 109 Å². The normalized spacial score (nSPS) is 10.8. The maximum Gasteiger partial charge on any atom is 0.331 e. The molecule has 0 fully saturated rings. The van der Waals surface area contributed by atoms with Gasteiger partial charge in [0.2, 0.25) is 5.91 Å². The molecule has 1 amide bonds. The molecule has 9 nitrogen and oxygen atoms in total. The average molecular weight is 508 g/mol. The van der Waals surface area contributed by atoms with Gasteiger partial charge < -0.3 is 14.8 Å². The summed E-state index contributed by atoms with van der Waals surface area (Å²) in [4.78, 5) is 50.2. The van der Waals surface area contributed by atoms with Crippen LogP contribution in [0.1, 0.15) is 27.9 Å². The van der Waals surface area contributed by atoms with Crippen molar-refractivity contribution in [2.24, 2.45) is 0 Å². The number of amides is 1.